The Morgan fingerprint density at radius 3 is 2.30 bits per heavy atom. The van der Waals surface area contributed by atoms with E-state index in [9.17, 15) is 26.7 Å². The third kappa shape index (κ3) is 4.66. The van der Waals surface area contributed by atoms with E-state index in [0.29, 0.717) is 55.2 Å². The summed E-state index contributed by atoms with van der Waals surface area (Å²) in [6.07, 6.45) is -4.07. The van der Waals surface area contributed by atoms with Crippen LogP contribution in [0.2, 0.25) is 0 Å². The molecular formula is C26H32F5N3O3. The Kier molecular flexibility index (Phi) is 7.22. The van der Waals surface area contributed by atoms with Crippen LogP contribution in [0.1, 0.15) is 54.9 Å². The van der Waals surface area contributed by atoms with Crippen LogP contribution < -0.4 is 9.47 Å². The number of likely N-dealkylation sites (N-methyl/N-ethyl adjacent to an activating group) is 1. The number of carbonyl (C=O) groups is 1. The van der Waals surface area contributed by atoms with Crippen LogP contribution in [-0.4, -0.2) is 66.3 Å². The first kappa shape index (κ1) is 27.2. The molecule has 0 bridgehead atoms. The second-order valence-corrected chi connectivity index (χ2v) is 9.78. The number of ether oxygens (including phenoxy) is 2. The molecule has 0 aliphatic carbocycles. The molecule has 4 rings (SSSR count). The van der Waals surface area contributed by atoms with E-state index < -0.39 is 23.3 Å². The number of hydrogen-bond acceptors (Lipinski definition) is 4. The second kappa shape index (κ2) is 9.81. The fraction of sp³-hybridized carbons (Fsp3) is 0.577. The highest BCUT2D eigenvalue weighted by molar-refractivity contribution is 5.95. The molecule has 1 atom stereocenters. The molecule has 37 heavy (non-hydrogen) atoms. The molecule has 1 fully saturated rings. The first-order chi connectivity index (χ1) is 17.4. The van der Waals surface area contributed by atoms with Gasteiger partial charge >= 0.3 is 12.1 Å². The van der Waals surface area contributed by atoms with Crippen molar-refractivity contribution in [2.24, 2.45) is 0 Å². The van der Waals surface area contributed by atoms with Gasteiger partial charge in [0, 0.05) is 37.4 Å². The lowest BCUT2D eigenvalue weighted by Crippen LogP contribution is -2.57. The van der Waals surface area contributed by atoms with Gasteiger partial charge in [-0.15, -0.1) is 0 Å². The number of rotatable bonds is 6. The Hall–Kier alpha value is -2.82. The topological polar surface area (TPSA) is 46.9 Å². The van der Waals surface area contributed by atoms with Crippen molar-refractivity contribution in [3.8, 4) is 11.5 Å². The zero-order chi connectivity index (χ0) is 27.2. The van der Waals surface area contributed by atoms with Gasteiger partial charge in [0.2, 0.25) is 0 Å². The Labute approximate surface area is 212 Å². The van der Waals surface area contributed by atoms with E-state index in [1.165, 1.54) is 13.2 Å². The van der Waals surface area contributed by atoms with E-state index in [2.05, 4.69) is 0 Å². The number of alkyl halides is 5. The first-order valence-electron chi connectivity index (χ1n) is 12.4. The summed E-state index contributed by atoms with van der Waals surface area (Å²) in [5.74, 6) is -4.16. The van der Waals surface area contributed by atoms with Crippen LogP contribution in [0.5, 0.6) is 11.5 Å². The molecule has 0 N–H and O–H groups in total. The molecule has 11 heteroatoms. The van der Waals surface area contributed by atoms with Crippen LogP contribution in [0.15, 0.2) is 30.3 Å². The summed E-state index contributed by atoms with van der Waals surface area (Å²) in [4.78, 5) is 17.0. The lowest BCUT2D eigenvalue weighted by atomic mass is 9.81. The van der Waals surface area contributed by atoms with Crippen molar-refractivity contribution < 1.29 is 36.2 Å². The molecule has 2 aliphatic heterocycles. The highest BCUT2D eigenvalue weighted by atomic mass is 19.4. The van der Waals surface area contributed by atoms with E-state index in [0.717, 1.165) is 17.1 Å². The summed E-state index contributed by atoms with van der Waals surface area (Å²) < 4.78 is 80.2. The van der Waals surface area contributed by atoms with Crippen molar-refractivity contribution in [3.63, 3.8) is 0 Å². The molecule has 1 saturated heterocycles. The van der Waals surface area contributed by atoms with Crippen LogP contribution in [0.25, 0.3) is 0 Å². The van der Waals surface area contributed by atoms with E-state index >= 15 is 0 Å². The Bertz CT molecular complexity index is 1140. The standard InChI is InChI=1S/C26H32F5N3O3/c1-5-17(2)37-19-7-6-18(16-20(19)36-4)23(35)33-12-10-24(11-13-33)21-8-9-22(25(27,28)26(29,30)31)34(21)15-14-32(24)3/h6-9,16-17H,5,10-15H2,1-4H3/t17-/m0/s1. The maximum absolute atomic E-state index is 14.2. The minimum Gasteiger partial charge on any atom is -0.493 e. The zero-order valence-electron chi connectivity index (χ0n) is 21.4. The zero-order valence-corrected chi connectivity index (χ0v) is 21.4. The Balaban J connectivity index is 1.55. The van der Waals surface area contributed by atoms with Crippen molar-refractivity contribution in [1.82, 2.24) is 14.4 Å². The number of piperidine rings is 1. The highest BCUT2D eigenvalue weighted by Gasteiger charge is 2.61. The number of aromatic nitrogens is 1. The monoisotopic (exact) mass is 529 g/mol. The smallest absolute Gasteiger partial charge is 0.459 e. The van der Waals surface area contributed by atoms with Crippen molar-refractivity contribution in [2.75, 3.05) is 33.8 Å². The fourth-order valence-electron chi connectivity index (χ4n) is 5.29. The third-order valence-electron chi connectivity index (χ3n) is 7.72. The average molecular weight is 530 g/mol. The van der Waals surface area contributed by atoms with Crippen molar-refractivity contribution in [2.45, 2.75) is 63.4 Å². The number of amides is 1. The number of likely N-dealkylation sites (tertiary alicyclic amines) is 1. The molecule has 1 aromatic heterocycles. The number of hydrogen-bond donors (Lipinski definition) is 0. The lowest BCUT2D eigenvalue weighted by molar-refractivity contribution is -0.292. The van der Waals surface area contributed by atoms with Crippen LogP contribution in [0.3, 0.4) is 0 Å². The Morgan fingerprint density at radius 2 is 1.70 bits per heavy atom. The normalized spacial score (nSPS) is 19.0. The van der Waals surface area contributed by atoms with Crippen LogP contribution in [0, 0.1) is 0 Å². The number of fused-ring (bicyclic) bond motifs is 2. The van der Waals surface area contributed by atoms with E-state index in [-0.39, 0.29) is 18.6 Å². The summed E-state index contributed by atoms with van der Waals surface area (Å²) in [5, 5.41) is 0. The lowest BCUT2D eigenvalue weighted by Gasteiger charge is -2.50. The molecule has 204 valence electrons. The molecular weight excluding hydrogens is 497 g/mol. The number of methoxy groups -OCH3 is 1. The van der Waals surface area contributed by atoms with Gasteiger partial charge in [-0.1, -0.05) is 6.92 Å². The molecule has 0 saturated carbocycles. The molecule has 1 spiro atoms. The quantitative estimate of drug-likeness (QED) is 0.470. The summed E-state index contributed by atoms with van der Waals surface area (Å²) in [6, 6.07) is 7.28. The second-order valence-electron chi connectivity index (χ2n) is 9.78. The third-order valence-corrected chi connectivity index (χ3v) is 7.72. The molecule has 0 unspecified atom stereocenters. The van der Waals surface area contributed by atoms with Crippen molar-refractivity contribution in [1.29, 1.82) is 0 Å². The average Bonchev–Trinajstić information content (AvgIpc) is 3.32. The maximum Gasteiger partial charge on any atom is 0.459 e. The van der Waals surface area contributed by atoms with Crippen molar-refractivity contribution in [3.05, 3.63) is 47.3 Å². The first-order valence-corrected chi connectivity index (χ1v) is 12.4. The highest BCUT2D eigenvalue weighted by Crippen LogP contribution is 2.48. The molecule has 3 heterocycles. The number of nitrogens with zero attached hydrogens (tertiary/aromatic N) is 3. The van der Waals surface area contributed by atoms with E-state index in [1.54, 1.807) is 23.1 Å². The van der Waals surface area contributed by atoms with Crippen LogP contribution >= 0.6 is 0 Å². The van der Waals surface area contributed by atoms with Crippen LogP contribution in [-0.2, 0) is 18.0 Å². The molecule has 1 amide bonds. The van der Waals surface area contributed by atoms with Gasteiger partial charge in [-0.2, -0.15) is 22.0 Å². The predicted octanol–water partition coefficient (Wildman–Crippen LogP) is 5.41. The molecule has 2 aromatic rings. The number of carbonyl (C=O) groups excluding carboxylic acids is 1. The largest absolute Gasteiger partial charge is 0.493 e. The van der Waals surface area contributed by atoms with Crippen LogP contribution in [0.4, 0.5) is 22.0 Å². The molecule has 2 aliphatic rings. The van der Waals surface area contributed by atoms with Crippen molar-refractivity contribution >= 4 is 5.91 Å². The number of benzene rings is 1. The summed E-state index contributed by atoms with van der Waals surface area (Å²) in [7, 11) is 3.35. The summed E-state index contributed by atoms with van der Waals surface area (Å²) in [6.45, 7) is 4.95. The predicted molar refractivity (Wildman–Crippen MR) is 127 cm³/mol. The molecule has 6 nitrogen and oxygen atoms in total. The minimum absolute atomic E-state index is 0.0169. The van der Waals surface area contributed by atoms with Gasteiger partial charge in [-0.25, -0.2) is 0 Å². The number of halogens is 5. The maximum atomic E-state index is 14.2. The van der Waals surface area contributed by atoms with Gasteiger partial charge in [0.15, 0.2) is 11.5 Å². The Morgan fingerprint density at radius 1 is 1.03 bits per heavy atom. The summed E-state index contributed by atoms with van der Waals surface area (Å²) in [5.41, 5.74) is -0.911. The van der Waals surface area contributed by atoms with E-state index in [4.69, 9.17) is 9.47 Å². The van der Waals surface area contributed by atoms with Gasteiger partial charge in [0.1, 0.15) is 0 Å². The van der Waals surface area contributed by atoms with Gasteiger partial charge in [-0.3, -0.25) is 9.69 Å². The summed E-state index contributed by atoms with van der Waals surface area (Å²) >= 11 is 0. The van der Waals surface area contributed by atoms with Gasteiger partial charge in [0.05, 0.1) is 24.4 Å². The van der Waals surface area contributed by atoms with Gasteiger partial charge in [0.25, 0.3) is 5.91 Å². The molecule has 1 aromatic carbocycles. The molecule has 0 radical (unpaired) electrons. The SMILES string of the molecule is CC[C@H](C)Oc1ccc(C(=O)N2CCC3(CC2)c2ccc(C(F)(F)C(F)(F)F)n2CCN3C)cc1OC. The van der Waals surface area contributed by atoms with Gasteiger partial charge in [-0.05, 0) is 63.6 Å². The minimum atomic E-state index is -5.68. The van der Waals surface area contributed by atoms with E-state index in [1.807, 2.05) is 25.8 Å². The van der Waals surface area contributed by atoms with Gasteiger partial charge < -0.3 is 18.9 Å². The fourth-order valence-corrected chi connectivity index (χ4v) is 5.29.